The number of carboxylic acid groups (broad SMARTS) is 1. The van der Waals surface area contributed by atoms with E-state index in [2.05, 4.69) is 14.8 Å². The van der Waals surface area contributed by atoms with Crippen LogP contribution in [0.5, 0.6) is 0 Å². The highest BCUT2D eigenvalue weighted by atomic mass is 35.5. The van der Waals surface area contributed by atoms with E-state index in [0.29, 0.717) is 17.0 Å². The maximum atomic E-state index is 11.3. The van der Waals surface area contributed by atoms with Crippen molar-refractivity contribution in [3.63, 3.8) is 0 Å². The number of carboxylic acids is 1. The molecule has 1 aromatic rings. The molecule has 2 aliphatic rings. The number of pyridine rings is 1. The molecule has 0 amide bonds. The predicted octanol–water partition coefficient (Wildman–Crippen LogP) is 2.11. The summed E-state index contributed by atoms with van der Waals surface area (Å²) in [6, 6.07) is 3.59. The number of aromatic nitrogens is 1. The Morgan fingerprint density at radius 3 is 2.95 bits per heavy atom. The smallest absolute Gasteiger partial charge is 0.339 e. The highest BCUT2D eigenvalue weighted by Gasteiger charge is 2.31. The SMILES string of the molecule is O=C(O)c1ccc(Cl)nc1N1CCN2CCCCC2C1. The third kappa shape index (κ3) is 2.60. The van der Waals surface area contributed by atoms with Crippen LogP contribution in [0.1, 0.15) is 29.6 Å². The number of piperazine rings is 1. The highest BCUT2D eigenvalue weighted by molar-refractivity contribution is 6.29. The first-order valence-electron chi connectivity index (χ1n) is 7.04. The van der Waals surface area contributed by atoms with Gasteiger partial charge in [-0.1, -0.05) is 18.0 Å². The van der Waals surface area contributed by atoms with Gasteiger partial charge in [-0.3, -0.25) is 4.90 Å². The summed E-state index contributed by atoms with van der Waals surface area (Å²) in [4.78, 5) is 20.2. The second-order valence-electron chi connectivity index (χ2n) is 5.44. The molecule has 0 aliphatic carbocycles. The zero-order valence-corrected chi connectivity index (χ0v) is 12.0. The summed E-state index contributed by atoms with van der Waals surface area (Å²) in [5, 5.41) is 9.64. The molecule has 0 radical (unpaired) electrons. The van der Waals surface area contributed by atoms with Crippen molar-refractivity contribution >= 4 is 23.4 Å². The van der Waals surface area contributed by atoms with Crippen LogP contribution in [0, 0.1) is 0 Å². The molecule has 3 rings (SSSR count). The van der Waals surface area contributed by atoms with Crippen molar-refractivity contribution in [1.29, 1.82) is 0 Å². The lowest BCUT2D eigenvalue weighted by atomic mass is 9.99. The Morgan fingerprint density at radius 1 is 1.30 bits per heavy atom. The number of hydrogen-bond donors (Lipinski definition) is 1. The molecule has 2 aliphatic heterocycles. The number of carbonyl (C=O) groups is 1. The van der Waals surface area contributed by atoms with E-state index in [1.807, 2.05) is 0 Å². The number of hydrogen-bond acceptors (Lipinski definition) is 4. The van der Waals surface area contributed by atoms with Gasteiger partial charge in [0.15, 0.2) is 0 Å². The molecule has 3 heterocycles. The monoisotopic (exact) mass is 295 g/mol. The van der Waals surface area contributed by atoms with Gasteiger partial charge in [0, 0.05) is 25.7 Å². The van der Waals surface area contributed by atoms with Crippen LogP contribution in [0.2, 0.25) is 5.15 Å². The molecule has 5 nitrogen and oxygen atoms in total. The maximum absolute atomic E-state index is 11.3. The van der Waals surface area contributed by atoms with Crippen LogP contribution < -0.4 is 4.90 Å². The van der Waals surface area contributed by atoms with Crippen molar-refractivity contribution in [3.8, 4) is 0 Å². The van der Waals surface area contributed by atoms with E-state index in [1.165, 1.54) is 25.3 Å². The van der Waals surface area contributed by atoms with Crippen molar-refractivity contribution in [2.24, 2.45) is 0 Å². The molecule has 1 unspecified atom stereocenters. The van der Waals surface area contributed by atoms with Crippen molar-refractivity contribution in [3.05, 3.63) is 22.8 Å². The fourth-order valence-electron chi connectivity index (χ4n) is 3.18. The Bertz CT molecular complexity index is 523. The average Bonchev–Trinajstić information content (AvgIpc) is 2.46. The van der Waals surface area contributed by atoms with Crippen molar-refractivity contribution in [2.45, 2.75) is 25.3 Å². The van der Waals surface area contributed by atoms with Crippen LogP contribution in [-0.4, -0.2) is 53.2 Å². The van der Waals surface area contributed by atoms with Gasteiger partial charge in [0.25, 0.3) is 0 Å². The Balaban J connectivity index is 1.85. The summed E-state index contributed by atoms with van der Waals surface area (Å²) in [6.45, 7) is 3.78. The van der Waals surface area contributed by atoms with Gasteiger partial charge in [0.2, 0.25) is 0 Å². The van der Waals surface area contributed by atoms with Gasteiger partial charge in [-0.05, 0) is 31.5 Å². The Morgan fingerprint density at radius 2 is 2.15 bits per heavy atom. The summed E-state index contributed by atoms with van der Waals surface area (Å²) in [6.07, 6.45) is 3.70. The first kappa shape index (κ1) is 13.6. The average molecular weight is 296 g/mol. The molecular formula is C14H18ClN3O2. The molecule has 108 valence electrons. The number of piperidine rings is 1. The topological polar surface area (TPSA) is 56.7 Å². The van der Waals surface area contributed by atoms with E-state index in [9.17, 15) is 9.90 Å². The fourth-order valence-corrected chi connectivity index (χ4v) is 3.32. The lowest BCUT2D eigenvalue weighted by Gasteiger charge is -2.44. The Kier molecular flexibility index (Phi) is 3.81. The predicted molar refractivity (Wildman–Crippen MR) is 77.6 cm³/mol. The number of rotatable bonds is 2. The largest absolute Gasteiger partial charge is 0.478 e. The molecule has 0 aromatic carbocycles. The molecule has 0 spiro atoms. The van der Waals surface area contributed by atoms with Crippen LogP contribution >= 0.6 is 11.6 Å². The van der Waals surface area contributed by atoms with Crippen molar-refractivity contribution < 1.29 is 9.90 Å². The molecule has 0 saturated carbocycles. The summed E-state index contributed by atoms with van der Waals surface area (Å²) < 4.78 is 0. The van der Waals surface area contributed by atoms with Crippen LogP contribution in [0.4, 0.5) is 5.82 Å². The first-order valence-corrected chi connectivity index (χ1v) is 7.42. The third-order valence-corrected chi connectivity index (χ3v) is 4.42. The van der Waals surface area contributed by atoms with E-state index in [0.717, 1.165) is 26.2 Å². The lowest BCUT2D eigenvalue weighted by Crippen LogP contribution is -2.55. The van der Waals surface area contributed by atoms with Gasteiger partial charge in [-0.25, -0.2) is 9.78 Å². The van der Waals surface area contributed by atoms with Gasteiger partial charge >= 0.3 is 5.97 Å². The Hall–Kier alpha value is -1.33. The standard InChI is InChI=1S/C14H18ClN3O2/c15-12-5-4-11(14(19)20)13(16-12)18-8-7-17-6-2-1-3-10(17)9-18/h4-5,10H,1-3,6-9H2,(H,19,20). The number of anilines is 1. The van der Waals surface area contributed by atoms with Gasteiger partial charge in [0.05, 0.1) is 0 Å². The number of aromatic carboxylic acids is 1. The first-order chi connectivity index (χ1) is 9.65. The summed E-state index contributed by atoms with van der Waals surface area (Å²) in [5.74, 6) is -0.439. The van der Waals surface area contributed by atoms with E-state index in [-0.39, 0.29) is 5.56 Å². The van der Waals surface area contributed by atoms with Crippen molar-refractivity contribution in [1.82, 2.24) is 9.88 Å². The minimum Gasteiger partial charge on any atom is -0.478 e. The van der Waals surface area contributed by atoms with E-state index < -0.39 is 5.97 Å². The summed E-state index contributed by atoms with van der Waals surface area (Å²) in [7, 11) is 0. The van der Waals surface area contributed by atoms with Crippen LogP contribution in [0.15, 0.2) is 12.1 Å². The molecule has 0 bridgehead atoms. The summed E-state index contributed by atoms with van der Waals surface area (Å²) >= 11 is 5.94. The van der Waals surface area contributed by atoms with Gasteiger partial charge < -0.3 is 10.0 Å². The maximum Gasteiger partial charge on any atom is 0.339 e. The van der Waals surface area contributed by atoms with Gasteiger partial charge in [0.1, 0.15) is 16.5 Å². The molecule has 6 heteroatoms. The van der Waals surface area contributed by atoms with E-state index >= 15 is 0 Å². The van der Waals surface area contributed by atoms with E-state index in [1.54, 1.807) is 6.07 Å². The molecule has 2 saturated heterocycles. The molecule has 2 fully saturated rings. The second kappa shape index (κ2) is 5.58. The van der Waals surface area contributed by atoms with Crippen molar-refractivity contribution in [2.75, 3.05) is 31.1 Å². The molecule has 1 atom stereocenters. The van der Waals surface area contributed by atoms with Crippen LogP contribution in [-0.2, 0) is 0 Å². The third-order valence-electron chi connectivity index (χ3n) is 4.21. The Labute approximate surface area is 123 Å². The highest BCUT2D eigenvalue weighted by Crippen LogP contribution is 2.27. The minimum atomic E-state index is -0.949. The van der Waals surface area contributed by atoms with E-state index in [4.69, 9.17) is 11.6 Å². The molecular weight excluding hydrogens is 278 g/mol. The molecule has 20 heavy (non-hydrogen) atoms. The quantitative estimate of drug-likeness (QED) is 0.847. The molecule has 1 N–H and O–H groups in total. The fraction of sp³-hybridized carbons (Fsp3) is 0.571. The minimum absolute atomic E-state index is 0.235. The normalized spacial score (nSPS) is 23.4. The van der Waals surface area contributed by atoms with Crippen LogP contribution in [0.25, 0.3) is 0 Å². The number of nitrogens with zero attached hydrogens (tertiary/aromatic N) is 3. The number of halogens is 1. The van der Waals surface area contributed by atoms with Gasteiger partial charge in [-0.2, -0.15) is 0 Å². The molecule has 1 aromatic heterocycles. The van der Waals surface area contributed by atoms with Gasteiger partial charge in [-0.15, -0.1) is 0 Å². The van der Waals surface area contributed by atoms with Crippen LogP contribution in [0.3, 0.4) is 0 Å². The summed E-state index contributed by atoms with van der Waals surface area (Å²) in [5.41, 5.74) is 0.235. The second-order valence-corrected chi connectivity index (χ2v) is 5.83. The number of fused-ring (bicyclic) bond motifs is 1. The lowest BCUT2D eigenvalue weighted by molar-refractivity contribution is 0.0696. The zero-order valence-electron chi connectivity index (χ0n) is 11.3. The zero-order chi connectivity index (χ0) is 14.1.